The van der Waals surface area contributed by atoms with Gasteiger partial charge in [-0.3, -0.25) is 4.98 Å². The summed E-state index contributed by atoms with van der Waals surface area (Å²) >= 11 is 0. The quantitative estimate of drug-likeness (QED) is 0.798. The number of benzene rings is 1. The molecule has 0 fully saturated rings. The molecule has 0 aliphatic heterocycles. The van der Waals surface area contributed by atoms with Crippen LogP contribution in [0, 0.1) is 19.7 Å². The Morgan fingerprint density at radius 1 is 1.31 bits per heavy atom. The van der Waals surface area contributed by atoms with Crippen LogP contribution in [-0.2, 0) is 6.42 Å². The summed E-state index contributed by atoms with van der Waals surface area (Å²) in [6.45, 7) is 5.69. The zero-order chi connectivity index (χ0) is 11.9. The van der Waals surface area contributed by atoms with Crippen LogP contribution < -0.4 is 5.73 Å². The summed E-state index contributed by atoms with van der Waals surface area (Å²) in [6.07, 6.45) is 0.844. The van der Waals surface area contributed by atoms with Crippen LogP contribution in [-0.4, -0.2) is 4.98 Å². The molecule has 2 aromatic rings. The highest BCUT2D eigenvalue weighted by atomic mass is 19.1. The van der Waals surface area contributed by atoms with Crippen LogP contribution in [0.2, 0.25) is 0 Å². The van der Waals surface area contributed by atoms with Gasteiger partial charge in [-0.05, 0) is 38.0 Å². The van der Waals surface area contributed by atoms with Crippen molar-refractivity contribution in [2.45, 2.75) is 27.2 Å². The van der Waals surface area contributed by atoms with Crippen molar-refractivity contribution in [3.63, 3.8) is 0 Å². The normalized spacial score (nSPS) is 11.0. The van der Waals surface area contributed by atoms with Crippen LogP contribution in [0.4, 0.5) is 10.1 Å². The van der Waals surface area contributed by atoms with E-state index < -0.39 is 0 Å². The Labute approximate surface area is 94.3 Å². The van der Waals surface area contributed by atoms with Crippen molar-refractivity contribution >= 4 is 16.6 Å². The fourth-order valence-electron chi connectivity index (χ4n) is 2.08. The maximum absolute atomic E-state index is 13.4. The second-order valence-electron chi connectivity index (χ2n) is 4.01. The van der Waals surface area contributed by atoms with E-state index >= 15 is 0 Å². The number of fused-ring (bicyclic) bond motifs is 1. The van der Waals surface area contributed by atoms with Gasteiger partial charge in [-0.25, -0.2) is 4.39 Å². The van der Waals surface area contributed by atoms with Gasteiger partial charge in [-0.1, -0.05) is 6.92 Å². The third-order valence-electron chi connectivity index (χ3n) is 3.05. The Morgan fingerprint density at radius 2 is 2.00 bits per heavy atom. The van der Waals surface area contributed by atoms with Crippen molar-refractivity contribution in [2.24, 2.45) is 0 Å². The largest absolute Gasteiger partial charge is 0.398 e. The van der Waals surface area contributed by atoms with Crippen molar-refractivity contribution in [3.8, 4) is 0 Å². The van der Waals surface area contributed by atoms with E-state index in [-0.39, 0.29) is 5.82 Å². The van der Waals surface area contributed by atoms with Crippen LogP contribution in [0.15, 0.2) is 12.1 Å². The number of nitrogen functional groups attached to an aromatic ring is 1. The molecule has 0 aliphatic carbocycles. The second-order valence-corrected chi connectivity index (χ2v) is 4.01. The lowest BCUT2D eigenvalue weighted by molar-refractivity contribution is 0.620. The van der Waals surface area contributed by atoms with Gasteiger partial charge in [0, 0.05) is 22.3 Å². The molecule has 0 bridgehead atoms. The fraction of sp³-hybridized carbons (Fsp3) is 0.308. The van der Waals surface area contributed by atoms with E-state index in [4.69, 9.17) is 5.73 Å². The summed E-state index contributed by atoms with van der Waals surface area (Å²) in [7, 11) is 0. The highest BCUT2D eigenvalue weighted by Crippen LogP contribution is 2.28. The van der Waals surface area contributed by atoms with E-state index in [1.807, 2.05) is 13.8 Å². The van der Waals surface area contributed by atoms with Gasteiger partial charge in [0.15, 0.2) is 0 Å². The molecule has 0 atom stereocenters. The molecule has 1 aromatic heterocycles. The number of hydrogen-bond donors (Lipinski definition) is 1. The monoisotopic (exact) mass is 218 g/mol. The molecular weight excluding hydrogens is 203 g/mol. The first-order chi connectivity index (χ1) is 7.56. The van der Waals surface area contributed by atoms with Crippen LogP contribution in [0.5, 0.6) is 0 Å². The summed E-state index contributed by atoms with van der Waals surface area (Å²) < 4.78 is 13.4. The summed E-state index contributed by atoms with van der Waals surface area (Å²) in [6, 6.07) is 3.16. The second kappa shape index (κ2) is 3.74. The Morgan fingerprint density at radius 3 is 2.62 bits per heavy atom. The predicted molar refractivity (Wildman–Crippen MR) is 65.0 cm³/mol. The van der Waals surface area contributed by atoms with Crippen molar-refractivity contribution in [3.05, 3.63) is 34.8 Å². The van der Waals surface area contributed by atoms with Gasteiger partial charge in [0.1, 0.15) is 5.82 Å². The molecule has 0 amide bonds. The lowest BCUT2D eigenvalue weighted by atomic mass is 10.0. The topological polar surface area (TPSA) is 38.9 Å². The minimum atomic E-state index is -0.233. The lowest BCUT2D eigenvalue weighted by Crippen LogP contribution is -2.02. The minimum Gasteiger partial charge on any atom is -0.398 e. The minimum absolute atomic E-state index is 0.233. The molecule has 0 saturated carbocycles. The molecule has 0 unspecified atom stereocenters. The highest BCUT2D eigenvalue weighted by Gasteiger charge is 2.11. The number of hydrogen-bond acceptors (Lipinski definition) is 2. The zero-order valence-corrected chi connectivity index (χ0v) is 9.76. The van der Waals surface area contributed by atoms with Crippen molar-refractivity contribution in [1.29, 1.82) is 0 Å². The van der Waals surface area contributed by atoms with Crippen molar-refractivity contribution in [2.75, 3.05) is 5.73 Å². The first kappa shape index (κ1) is 10.9. The number of nitrogens with two attached hydrogens (primary N) is 1. The van der Waals surface area contributed by atoms with E-state index in [9.17, 15) is 4.39 Å². The molecule has 0 radical (unpaired) electrons. The van der Waals surface area contributed by atoms with Gasteiger partial charge in [0.2, 0.25) is 0 Å². The van der Waals surface area contributed by atoms with Gasteiger partial charge < -0.3 is 5.73 Å². The molecular formula is C13H15FN2. The third-order valence-corrected chi connectivity index (χ3v) is 3.05. The van der Waals surface area contributed by atoms with E-state index in [0.29, 0.717) is 11.1 Å². The maximum Gasteiger partial charge on any atom is 0.128 e. The predicted octanol–water partition coefficient (Wildman–Crippen LogP) is 3.14. The van der Waals surface area contributed by atoms with Gasteiger partial charge in [-0.15, -0.1) is 0 Å². The number of aryl methyl sites for hydroxylation is 2. The molecule has 0 spiro atoms. The summed E-state index contributed by atoms with van der Waals surface area (Å²) in [5.41, 5.74) is 10.00. The summed E-state index contributed by atoms with van der Waals surface area (Å²) in [4.78, 5) is 4.45. The average Bonchev–Trinajstić information content (AvgIpc) is 2.25. The maximum atomic E-state index is 13.4. The number of pyridine rings is 1. The number of aromatic nitrogens is 1. The van der Waals surface area contributed by atoms with E-state index in [1.165, 1.54) is 6.07 Å². The van der Waals surface area contributed by atoms with Crippen LogP contribution in [0.3, 0.4) is 0 Å². The first-order valence-electron chi connectivity index (χ1n) is 5.40. The van der Waals surface area contributed by atoms with Crippen LogP contribution in [0.1, 0.15) is 23.7 Å². The molecule has 3 heteroatoms. The molecule has 2 rings (SSSR count). The lowest BCUT2D eigenvalue weighted by Gasteiger charge is -2.12. The SMILES string of the molecule is CCc1c(C)nc2c(C)c(F)ccc2c1N. The molecule has 0 saturated heterocycles. The van der Waals surface area contributed by atoms with Gasteiger partial charge in [-0.2, -0.15) is 0 Å². The summed E-state index contributed by atoms with van der Waals surface area (Å²) in [5, 5.41) is 0.848. The Bertz CT molecular complexity index is 562. The highest BCUT2D eigenvalue weighted by molar-refractivity contribution is 5.94. The average molecular weight is 218 g/mol. The van der Waals surface area contributed by atoms with E-state index in [1.54, 1.807) is 13.0 Å². The molecule has 1 heterocycles. The van der Waals surface area contributed by atoms with Crippen LogP contribution in [0.25, 0.3) is 10.9 Å². The number of rotatable bonds is 1. The Balaban J connectivity index is 2.92. The standard InChI is InChI=1S/C13H15FN2/c1-4-9-8(3)16-13-7(2)11(14)6-5-10(13)12(9)15/h5-6H,4H2,1-3H3,(H2,15,16). The molecule has 0 aliphatic rings. The Kier molecular flexibility index (Phi) is 2.54. The molecule has 2 N–H and O–H groups in total. The molecule has 2 nitrogen and oxygen atoms in total. The Hall–Kier alpha value is -1.64. The third kappa shape index (κ3) is 1.43. The first-order valence-corrected chi connectivity index (χ1v) is 5.40. The zero-order valence-electron chi connectivity index (χ0n) is 9.76. The van der Waals surface area contributed by atoms with E-state index in [0.717, 1.165) is 28.8 Å². The van der Waals surface area contributed by atoms with Gasteiger partial charge in [0.05, 0.1) is 5.52 Å². The summed E-state index contributed by atoms with van der Waals surface area (Å²) in [5.74, 6) is -0.233. The van der Waals surface area contributed by atoms with E-state index in [2.05, 4.69) is 4.98 Å². The van der Waals surface area contributed by atoms with Crippen molar-refractivity contribution in [1.82, 2.24) is 4.98 Å². The number of anilines is 1. The molecule has 1 aromatic carbocycles. The molecule has 16 heavy (non-hydrogen) atoms. The number of halogens is 1. The van der Waals surface area contributed by atoms with Crippen molar-refractivity contribution < 1.29 is 4.39 Å². The van der Waals surface area contributed by atoms with Crippen LogP contribution >= 0.6 is 0 Å². The number of nitrogens with zero attached hydrogens (tertiary/aromatic N) is 1. The fourth-order valence-corrected chi connectivity index (χ4v) is 2.08. The molecule has 84 valence electrons. The van der Waals surface area contributed by atoms with Gasteiger partial charge >= 0.3 is 0 Å². The smallest absolute Gasteiger partial charge is 0.128 e. The van der Waals surface area contributed by atoms with Gasteiger partial charge in [0.25, 0.3) is 0 Å².